The van der Waals surface area contributed by atoms with E-state index in [0.29, 0.717) is 18.5 Å². The fourth-order valence-electron chi connectivity index (χ4n) is 4.50. The van der Waals surface area contributed by atoms with E-state index in [2.05, 4.69) is 26.6 Å². The van der Waals surface area contributed by atoms with Crippen LogP contribution in [-0.2, 0) is 11.2 Å². The molecule has 6 nitrogen and oxygen atoms in total. The zero-order valence-electron chi connectivity index (χ0n) is 18.7. The van der Waals surface area contributed by atoms with Crippen molar-refractivity contribution in [3.63, 3.8) is 0 Å². The normalized spacial score (nSPS) is 17.2. The van der Waals surface area contributed by atoms with Crippen LogP contribution in [0.15, 0.2) is 48.9 Å². The van der Waals surface area contributed by atoms with E-state index in [9.17, 15) is 18.0 Å². The quantitative estimate of drug-likeness (QED) is 0.506. The molecular weight excluding hydrogens is 431 g/mol. The van der Waals surface area contributed by atoms with Crippen molar-refractivity contribution >= 4 is 16.8 Å². The molecule has 0 radical (unpaired) electrons. The van der Waals surface area contributed by atoms with Crippen LogP contribution in [0.4, 0.5) is 13.2 Å². The number of nitrogens with one attached hydrogen (secondary N) is 2. The number of hydrogen-bond donors (Lipinski definition) is 2. The summed E-state index contributed by atoms with van der Waals surface area (Å²) < 4.78 is 41.6. The second-order valence-corrected chi connectivity index (χ2v) is 9.11. The third kappa shape index (κ3) is 5.03. The summed E-state index contributed by atoms with van der Waals surface area (Å²) >= 11 is 0. The minimum absolute atomic E-state index is 0.00681. The average Bonchev–Trinajstić information content (AvgIpc) is 3.47. The predicted molar refractivity (Wildman–Crippen MR) is 120 cm³/mol. The number of likely N-dealkylation sites (N-methyl/N-ethyl adjacent to an activating group) is 1. The molecule has 1 aliphatic carbocycles. The summed E-state index contributed by atoms with van der Waals surface area (Å²) in [6, 6.07) is 9.27. The van der Waals surface area contributed by atoms with Gasteiger partial charge in [-0.1, -0.05) is 12.1 Å². The summed E-state index contributed by atoms with van der Waals surface area (Å²) in [6.45, 7) is 0.341. The third-order valence-corrected chi connectivity index (χ3v) is 6.74. The van der Waals surface area contributed by atoms with E-state index < -0.39 is 17.5 Å². The number of carbonyl (C=O) groups is 1. The summed E-state index contributed by atoms with van der Waals surface area (Å²) in [4.78, 5) is 18.8. The number of rotatable bonds is 9. The second kappa shape index (κ2) is 9.13. The van der Waals surface area contributed by atoms with Gasteiger partial charge in [-0.15, -0.1) is 0 Å². The van der Waals surface area contributed by atoms with Gasteiger partial charge in [-0.05, 0) is 62.7 Å². The molecule has 2 aromatic heterocycles. The van der Waals surface area contributed by atoms with E-state index in [4.69, 9.17) is 0 Å². The van der Waals surface area contributed by atoms with Gasteiger partial charge in [0.2, 0.25) is 5.91 Å². The molecule has 0 aliphatic heterocycles. The topological polar surface area (TPSA) is 73.9 Å². The molecule has 3 aromatic rings. The number of benzene rings is 1. The van der Waals surface area contributed by atoms with Gasteiger partial charge in [-0.3, -0.25) is 14.9 Å². The van der Waals surface area contributed by atoms with Crippen molar-refractivity contribution in [3.8, 4) is 0 Å². The molecule has 2 atom stereocenters. The lowest BCUT2D eigenvalue weighted by atomic mass is 9.80. The summed E-state index contributed by atoms with van der Waals surface area (Å²) in [7, 11) is 3.85. The molecule has 33 heavy (non-hydrogen) atoms. The summed E-state index contributed by atoms with van der Waals surface area (Å²) in [5, 5.41) is 10.8. The maximum atomic E-state index is 13.9. The molecule has 176 valence electrons. The molecule has 0 saturated heterocycles. The van der Waals surface area contributed by atoms with Gasteiger partial charge in [0.1, 0.15) is 0 Å². The van der Waals surface area contributed by atoms with E-state index in [1.54, 1.807) is 18.3 Å². The zero-order valence-corrected chi connectivity index (χ0v) is 18.7. The number of pyridine rings is 1. The van der Waals surface area contributed by atoms with Crippen LogP contribution in [0.1, 0.15) is 36.3 Å². The van der Waals surface area contributed by atoms with Crippen LogP contribution in [-0.4, -0.2) is 58.8 Å². The first kappa shape index (κ1) is 23.2. The Morgan fingerprint density at radius 2 is 2.03 bits per heavy atom. The maximum absolute atomic E-state index is 13.9. The molecule has 1 saturated carbocycles. The molecule has 0 bridgehead atoms. The molecule has 0 spiro atoms. The van der Waals surface area contributed by atoms with Gasteiger partial charge < -0.3 is 10.2 Å². The Labute approximate surface area is 190 Å². The summed E-state index contributed by atoms with van der Waals surface area (Å²) in [6.07, 6.45) is 0.929. The van der Waals surface area contributed by atoms with Crippen LogP contribution in [0, 0.1) is 5.41 Å². The number of nitrogens with zero attached hydrogens (tertiary/aromatic N) is 3. The average molecular weight is 460 g/mol. The third-order valence-electron chi connectivity index (χ3n) is 6.74. The summed E-state index contributed by atoms with van der Waals surface area (Å²) in [5.74, 6) is -1.32. The molecule has 1 aliphatic rings. The van der Waals surface area contributed by atoms with Crippen molar-refractivity contribution in [2.24, 2.45) is 5.41 Å². The first-order chi connectivity index (χ1) is 15.7. The summed E-state index contributed by atoms with van der Waals surface area (Å²) in [5.41, 5.74) is 0.668. The molecule has 1 amide bonds. The van der Waals surface area contributed by atoms with Crippen LogP contribution in [0.25, 0.3) is 10.9 Å². The van der Waals surface area contributed by atoms with Gasteiger partial charge in [0.15, 0.2) is 0 Å². The van der Waals surface area contributed by atoms with Crippen LogP contribution < -0.4 is 5.32 Å². The van der Waals surface area contributed by atoms with E-state index in [1.165, 1.54) is 12.4 Å². The van der Waals surface area contributed by atoms with Crippen LogP contribution >= 0.6 is 0 Å². The number of halogens is 3. The van der Waals surface area contributed by atoms with Crippen LogP contribution in [0.5, 0.6) is 0 Å². The van der Waals surface area contributed by atoms with E-state index in [0.717, 1.165) is 16.5 Å². The Hall–Kier alpha value is -2.94. The maximum Gasteiger partial charge on any atom is 0.395 e. The van der Waals surface area contributed by atoms with E-state index >= 15 is 0 Å². The minimum atomic E-state index is -4.36. The number of alkyl halides is 3. The molecule has 1 aromatic carbocycles. The highest BCUT2D eigenvalue weighted by Crippen LogP contribution is 2.66. The number of aromatic amines is 1. The van der Waals surface area contributed by atoms with Crippen molar-refractivity contribution in [2.45, 2.75) is 43.8 Å². The SMILES string of the molecule is CN(C)[C@H](CNC(=O)C[C@@H](c1cccnc1)C1(C(F)(F)F)CC1)Cc1ccc2[nH]ncc2c1. The second-order valence-electron chi connectivity index (χ2n) is 9.11. The Kier molecular flexibility index (Phi) is 6.43. The largest absolute Gasteiger partial charge is 0.395 e. The molecule has 2 heterocycles. The highest BCUT2D eigenvalue weighted by molar-refractivity contribution is 5.78. The minimum Gasteiger partial charge on any atom is -0.355 e. The fourth-order valence-corrected chi connectivity index (χ4v) is 4.50. The molecule has 1 fully saturated rings. The lowest BCUT2D eigenvalue weighted by molar-refractivity contribution is -0.194. The van der Waals surface area contributed by atoms with Crippen LogP contribution in [0.3, 0.4) is 0 Å². The highest BCUT2D eigenvalue weighted by atomic mass is 19.4. The molecular formula is C24H28F3N5O. The van der Waals surface area contributed by atoms with Crippen molar-refractivity contribution < 1.29 is 18.0 Å². The first-order valence-electron chi connectivity index (χ1n) is 11.0. The van der Waals surface area contributed by atoms with Gasteiger partial charge in [-0.2, -0.15) is 18.3 Å². The monoisotopic (exact) mass is 459 g/mol. The van der Waals surface area contributed by atoms with Gasteiger partial charge in [0, 0.05) is 42.7 Å². The number of hydrogen-bond acceptors (Lipinski definition) is 4. The lowest BCUT2D eigenvalue weighted by Gasteiger charge is -2.30. The number of fused-ring (bicyclic) bond motifs is 1. The number of aromatic nitrogens is 3. The number of H-pyrrole nitrogens is 1. The molecule has 2 N–H and O–H groups in total. The van der Waals surface area contributed by atoms with Gasteiger partial charge in [0.25, 0.3) is 0 Å². The Bertz CT molecular complexity index is 1090. The van der Waals surface area contributed by atoms with Gasteiger partial charge in [-0.25, -0.2) is 0 Å². The van der Waals surface area contributed by atoms with Crippen molar-refractivity contribution in [1.82, 2.24) is 25.4 Å². The lowest BCUT2D eigenvalue weighted by Crippen LogP contribution is -2.42. The smallest absolute Gasteiger partial charge is 0.355 e. The zero-order chi connectivity index (χ0) is 23.6. The number of amides is 1. The van der Waals surface area contributed by atoms with E-state index in [1.807, 2.05) is 31.1 Å². The van der Waals surface area contributed by atoms with Crippen molar-refractivity contribution in [1.29, 1.82) is 0 Å². The Morgan fingerprint density at radius 3 is 2.67 bits per heavy atom. The van der Waals surface area contributed by atoms with E-state index in [-0.39, 0.29) is 31.2 Å². The predicted octanol–water partition coefficient (Wildman–Crippen LogP) is 4.06. The van der Waals surface area contributed by atoms with Crippen molar-refractivity contribution in [2.75, 3.05) is 20.6 Å². The number of carbonyl (C=O) groups excluding carboxylic acids is 1. The highest BCUT2D eigenvalue weighted by Gasteiger charge is 2.67. The van der Waals surface area contributed by atoms with Crippen LogP contribution in [0.2, 0.25) is 0 Å². The Balaban J connectivity index is 1.43. The van der Waals surface area contributed by atoms with Gasteiger partial charge in [0.05, 0.1) is 17.1 Å². The molecule has 0 unspecified atom stereocenters. The first-order valence-corrected chi connectivity index (χ1v) is 11.0. The molecule has 9 heteroatoms. The Morgan fingerprint density at radius 1 is 1.24 bits per heavy atom. The standard InChI is InChI=1S/C24H28F3N5O/c1-32(2)19(11-16-5-6-21-18(10-16)14-30-31-21)15-29-22(33)12-20(17-4-3-9-28-13-17)23(7-8-23)24(25,26)27/h3-6,9-10,13-14,19-20H,7-8,11-12,15H2,1-2H3,(H,29,33)(H,30,31)/t19-,20-/m0/s1. The van der Waals surface area contributed by atoms with Gasteiger partial charge >= 0.3 is 6.18 Å². The fraction of sp³-hybridized carbons (Fsp3) is 0.458. The van der Waals surface area contributed by atoms with Crippen molar-refractivity contribution in [3.05, 3.63) is 60.0 Å². The molecule has 4 rings (SSSR count).